The molecule has 0 bridgehead atoms. The number of hydrogen-bond acceptors (Lipinski definition) is 5. The van der Waals surface area contributed by atoms with E-state index in [-0.39, 0.29) is 5.91 Å². The smallest absolute Gasteiger partial charge is 0.274 e. The summed E-state index contributed by atoms with van der Waals surface area (Å²) in [5, 5.41) is 2.95. The highest BCUT2D eigenvalue weighted by Gasteiger charge is 2.23. The zero-order valence-electron chi connectivity index (χ0n) is 17.2. The fourth-order valence-electron chi connectivity index (χ4n) is 3.89. The van der Waals surface area contributed by atoms with Crippen molar-refractivity contribution in [1.29, 1.82) is 0 Å². The lowest BCUT2D eigenvalue weighted by molar-refractivity contribution is 0.102. The molecule has 1 fully saturated rings. The Balaban J connectivity index is 1.71. The van der Waals surface area contributed by atoms with Crippen LogP contribution in [-0.4, -0.2) is 41.6 Å². The summed E-state index contributed by atoms with van der Waals surface area (Å²) in [7, 11) is 0. The predicted molar refractivity (Wildman–Crippen MR) is 115 cm³/mol. The van der Waals surface area contributed by atoms with Crippen molar-refractivity contribution in [2.75, 3.05) is 34.8 Å². The highest BCUT2D eigenvalue weighted by atomic mass is 16.1. The van der Waals surface area contributed by atoms with Crippen molar-refractivity contribution < 1.29 is 4.79 Å². The summed E-state index contributed by atoms with van der Waals surface area (Å²) in [6.07, 6.45) is 6.19. The maximum Gasteiger partial charge on any atom is 0.274 e. The molecule has 1 saturated heterocycles. The Kier molecular flexibility index (Phi) is 6.85. The van der Waals surface area contributed by atoms with Gasteiger partial charge in [-0.3, -0.25) is 4.79 Å². The average Bonchev–Trinajstić information content (AvgIpc) is 2.75. The fourth-order valence-corrected chi connectivity index (χ4v) is 3.89. The number of amides is 1. The van der Waals surface area contributed by atoms with E-state index < -0.39 is 0 Å². The van der Waals surface area contributed by atoms with E-state index in [1.54, 1.807) is 0 Å². The molecule has 3 rings (SSSR count). The molecule has 0 aliphatic carbocycles. The Hall–Kier alpha value is -2.63. The second-order valence-electron chi connectivity index (χ2n) is 7.19. The predicted octanol–water partition coefficient (Wildman–Crippen LogP) is 4.34. The molecule has 6 heteroatoms. The van der Waals surface area contributed by atoms with E-state index in [0.29, 0.717) is 11.7 Å². The highest BCUT2D eigenvalue weighted by Crippen LogP contribution is 2.25. The lowest BCUT2D eigenvalue weighted by atomic mass is 10.00. The van der Waals surface area contributed by atoms with Crippen LogP contribution in [0.5, 0.6) is 0 Å². The maximum atomic E-state index is 12.7. The van der Waals surface area contributed by atoms with E-state index >= 15 is 0 Å². The molecule has 6 nitrogen and oxygen atoms in total. The van der Waals surface area contributed by atoms with Gasteiger partial charge in [0, 0.05) is 43.1 Å². The third-order valence-electron chi connectivity index (χ3n) is 5.53. The molecule has 2 heterocycles. The molecule has 1 atom stereocenters. The Morgan fingerprint density at radius 2 is 1.89 bits per heavy atom. The molecule has 150 valence electrons. The lowest BCUT2D eigenvalue weighted by Crippen LogP contribution is -2.39. The largest absolute Gasteiger partial charge is 0.372 e. The average molecular weight is 382 g/mol. The third-order valence-corrected chi connectivity index (χ3v) is 5.53. The minimum Gasteiger partial charge on any atom is -0.372 e. The first-order valence-electron chi connectivity index (χ1n) is 10.4. The van der Waals surface area contributed by atoms with Crippen LogP contribution in [0.3, 0.4) is 0 Å². The molecule has 1 unspecified atom stereocenters. The van der Waals surface area contributed by atoms with Crippen molar-refractivity contribution in [3.63, 3.8) is 0 Å². The SMILES string of the molecule is CCC1CCCCN1c1cc(C(=O)Nc2ccc(N(CC)CC)cc2)ncn1. The van der Waals surface area contributed by atoms with Crippen LogP contribution in [0.2, 0.25) is 0 Å². The summed E-state index contributed by atoms with van der Waals surface area (Å²) in [5.74, 6) is 0.646. The van der Waals surface area contributed by atoms with Crippen LogP contribution in [0, 0.1) is 0 Å². The topological polar surface area (TPSA) is 61.4 Å². The number of carbonyl (C=O) groups is 1. The van der Waals surface area contributed by atoms with Gasteiger partial charge in [0.05, 0.1) is 0 Å². The van der Waals surface area contributed by atoms with Gasteiger partial charge in [-0.05, 0) is 63.8 Å². The number of aromatic nitrogens is 2. The van der Waals surface area contributed by atoms with Gasteiger partial charge in [-0.2, -0.15) is 0 Å². The lowest BCUT2D eigenvalue weighted by Gasteiger charge is -2.36. The molecule has 1 aromatic carbocycles. The van der Waals surface area contributed by atoms with Crippen LogP contribution >= 0.6 is 0 Å². The number of piperidine rings is 1. The van der Waals surface area contributed by atoms with Gasteiger partial charge in [0.2, 0.25) is 0 Å². The summed E-state index contributed by atoms with van der Waals surface area (Å²) in [4.78, 5) is 25.9. The van der Waals surface area contributed by atoms with Crippen molar-refractivity contribution in [3.05, 3.63) is 42.4 Å². The summed E-state index contributed by atoms with van der Waals surface area (Å²) >= 11 is 0. The third kappa shape index (κ3) is 4.61. The molecule has 0 radical (unpaired) electrons. The first-order valence-corrected chi connectivity index (χ1v) is 10.4. The molecular weight excluding hydrogens is 350 g/mol. The quantitative estimate of drug-likeness (QED) is 0.773. The van der Waals surface area contributed by atoms with Crippen molar-refractivity contribution in [3.8, 4) is 0 Å². The van der Waals surface area contributed by atoms with E-state index in [1.165, 1.54) is 25.6 Å². The van der Waals surface area contributed by atoms with E-state index in [2.05, 4.69) is 45.9 Å². The Morgan fingerprint density at radius 1 is 1.14 bits per heavy atom. The minimum absolute atomic E-state index is 0.204. The number of rotatable bonds is 7. The standard InChI is InChI=1S/C22H31N5O/c1-4-18-9-7-8-14-27(18)21-15-20(23-16-24-21)22(28)25-17-10-12-19(13-11-17)26(5-2)6-3/h10-13,15-16,18H,4-9,14H2,1-3H3,(H,25,28). The molecule has 1 aliphatic heterocycles. The molecule has 2 aromatic rings. The fraction of sp³-hybridized carbons (Fsp3) is 0.500. The Morgan fingerprint density at radius 3 is 2.57 bits per heavy atom. The minimum atomic E-state index is -0.204. The summed E-state index contributed by atoms with van der Waals surface area (Å²) in [6.45, 7) is 9.39. The number of benzene rings is 1. The number of hydrogen-bond donors (Lipinski definition) is 1. The number of nitrogens with zero attached hydrogens (tertiary/aromatic N) is 4. The second-order valence-corrected chi connectivity index (χ2v) is 7.19. The normalized spacial score (nSPS) is 16.7. The van der Waals surface area contributed by atoms with Crippen LogP contribution in [0.1, 0.15) is 56.9 Å². The van der Waals surface area contributed by atoms with E-state index in [0.717, 1.165) is 43.2 Å². The van der Waals surface area contributed by atoms with Gasteiger partial charge >= 0.3 is 0 Å². The van der Waals surface area contributed by atoms with E-state index in [4.69, 9.17) is 0 Å². The van der Waals surface area contributed by atoms with Gasteiger partial charge in [-0.1, -0.05) is 6.92 Å². The molecular formula is C22H31N5O. The number of nitrogens with one attached hydrogen (secondary N) is 1. The van der Waals surface area contributed by atoms with Crippen LogP contribution in [0.15, 0.2) is 36.7 Å². The maximum absolute atomic E-state index is 12.7. The monoisotopic (exact) mass is 381 g/mol. The van der Waals surface area contributed by atoms with E-state index in [1.807, 2.05) is 30.3 Å². The van der Waals surface area contributed by atoms with Gasteiger partial charge in [0.25, 0.3) is 5.91 Å². The zero-order chi connectivity index (χ0) is 19.9. The van der Waals surface area contributed by atoms with Gasteiger partial charge < -0.3 is 15.1 Å². The number of carbonyl (C=O) groups excluding carboxylic acids is 1. The van der Waals surface area contributed by atoms with Crippen molar-refractivity contribution in [2.24, 2.45) is 0 Å². The zero-order valence-corrected chi connectivity index (χ0v) is 17.2. The Labute approximate surface area is 168 Å². The molecule has 0 saturated carbocycles. The van der Waals surface area contributed by atoms with Gasteiger partial charge in [-0.25, -0.2) is 9.97 Å². The van der Waals surface area contributed by atoms with Gasteiger partial charge in [-0.15, -0.1) is 0 Å². The molecule has 28 heavy (non-hydrogen) atoms. The highest BCUT2D eigenvalue weighted by molar-refractivity contribution is 6.03. The summed E-state index contributed by atoms with van der Waals surface area (Å²) in [5.41, 5.74) is 2.33. The van der Waals surface area contributed by atoms with Crippen LogP contribution in [0.25, 0.3) is 0 Å². The van der Waals surface area contributed by atoms with E-state index in [9.17, 15) is 4.79 Å². The number of anilines is 3. The van der Waals surface area contributed by atoms with Crippen molar-refractivity contribution >= 4 is 23.1 Å². The van der Waals surface area contributed by atoms with Crippen molar-refractivity contribution in [2.45, 2.75) is 52.5 Å². The molecule has 0 spiro atoms. The molecule has 1 amide bonds. The first kappa shape index (κ1) is 20.1. The van der Waals surface area contributed by atoms with Crippen LogP contribution in [-0.2, 0) is 0 Å². The molecule has 1 N–H and O–H groups in total. The first-order chi connectivity index (χ1) is 13.7. The summed E-state index contributed by atoms with van der Waals surface area (Å²) < 4.78 is 0. The molecule has 1 aromatic heterocycles. The van der Waals surface area contributed by atoms with Crippen LogP contribution < -0.4 is 15.1 Å². The summed E-state index contributed by atoms with van der Waals surface area (Å²) in [6, 6.07) is 10.2. The van der Waals surface area contributed by atoms with Gasteiger partial charge in [0.15, 0.2) is 0 Å². The van der Waals surface area contributed by atoms with Crippen molar-refractivity contribution in [1.82, 2.24) is 9.97 Å². The molecule has 1 aliphatic rings. The Bertz CT molecular complexity index is 773. The second kappa shape index (κ2) is 9.53. The van der Waals surface area contributed by atoms with Gasteiger partial charge in [0.1, 0.15) is 17.8 Å². The van der Waals surface area contributed by atoms with Crippen LogP contribution in [0.4, 0.5) is 17.2 Å².